The molecule has 144 valence electrons. The lowest BCUT2D eigenvalue weighted by atomic mass is 9.90. The van der Waals surface area contributed by atoms with Gasteiger partial charge in [-0.25, -0.2) is 0 Å². The van der Waals surface area contributed by atoms with E-state index in [1.54, 1.807) is 0 Å². The van der Waals surface area contributed by atoms with Crippen molar-refractivity contribution in [2.24, 2.45) is 0 Å². The van der Waals surface area contributed by atoms with Crippen LogP contribution in [-0.4, -0.2) is 43.1 Å². The molecule has 2 aliphatic rings. The van der Waals surface area contributed by atoms with Gasteiger partial charge in [-0.05, 0) is 49.9 Å². The molecule has 1 aromatic carbocycles. The molecular formula is C17H17FN2O6S. The highest BCUT2D eigenvalue weighted by Gasteiger charge is 2.34. The van der Waals surface area contributed by atoms with Crippen LogP contribution in [0.1, 0.15) is 36.0 Å². The molecule has 8 nitrogen and oxygen atoms in total. The van der Waals surface area contributed by atoms with Gasteiger partial charge in [-0.15, -0.1) is 0 Å². The molecule has 0 unspecified atom stereocenters. The second-order valence-electron chi connectivity index (χ2n) is 6.36. The van der Waals surface area contributed by atoms with E-state index in [0.717, 1.165) is 0 Å². The normalized spacial score (nSPS) is 22.8. The minimum absolute atomic E-state index is 0.100. The lowest BCUT2D eigenvalue weighted by molar-refractivity contribution is -0.140. The molecular weight excluding hydrogens is 379 g/mol. The molecule has 1 saturated carbocycles. The van der Waals surface area contributed by atoms with Crippen molar-refractivity contribution in [2.75, 3.05) is 0 Å². The summed E-state index contributed by atoms with van der Waals surface area (Å²) in [7, 11) is -5.11. The Morgan fingerprint density at radius 1 is 1.04 bits per heavy atom. The van der Waals surface area contributed by atoms with Gasteiger partial charge in [0.15, 0.2) is 0 Å². The summed E-state index contributed by atoms with van der Waals surface area (Å²) < 4.78 is 37.4. The van der Waals surface area contributed by atoms with Crippen molar-refractivity contribution in [3.05, 3.63) is 42.0 Å². The molecule has 0 radical (unpaired) electrons. The van der Waals surface area contributed by atoms with Crippen LogP contribution in [0.3, 0.4) is 0 Å². The van der Waals surface area contributed by atoms with Gasteiger partial charge in [-0.2, -0.15) is 8.42 Å². The molecule has 1 fully saturated rings. The molecule has 0 aromatic heterocycles. The fourth-order valence-electron chi connectivity index (χ4n) is 3.30. The summed E-state index contributed by atoms with van der Waals surface area (Å²) in [6, 6.07) is 4.76. The Morgan fingerprint density at radius 2 is 1.59 bits per heavy atom. The highest BCUT2D eigenvalue weighted by molar-refractivity contribution is 7.81. The fourth-order valence-corrected chi connectivity index (χ4v) is 3.64. The highest BCUT2D eigenvalue weighted by atomic mass is 32.3. The van der Waals surface area contributed by atoms with Crippen LogP contribution in [0.4, 0.5) is 3.89 Å². The maximum atomic E-state index is 12.5. The summed E-state index contributed by atoms with van der Waals surface area (Å²) in [6.07, 6.45) is 4.97. The number of rotatable bonds is 5. The molecule has 1 aliphatic heterocycles. The van der Waals surface area contributed by atoms with Crippen LogP contribution in [0.25, 0.3) is 0 Å². The largest absolute Gasteiger partial charge is 0.488 e. The Labute approximate surface area is 155 Å². The highest BCUT2D eigenvalue weighted by Crippen LogP contribution is 2.26. The zero-order valence-electron chi connectivity index (χ0n) is 14.1. The van der Waals surface area contributed by atoms with Gasteiger partial charge in [-0.1, -0.05) is 3.89 Å². The number of imide groups is 1. The molecule has 0 saturated heterocycles. The third kappa shape index (κ3) is 4.70. The standard InChI is InChI=1S/C17H17FN2O6S/c18-27(24,25)26-14-7-1-11(2-8-14)17(23)19-12-3-5-13(6-4-12)20-15(21)9-10-16(20)22/h1-2,7-10,12-13H,3-6H2,(H,19,23). The van der Waals surface area contributed by atoms with Gasteiger partial charge >= 0.3 is 10.5 Å². The van der Waals surface area contributed by atoms with Crippen molar-refractivity contribution in [2.45, 2.75) is 37.8 Å². The molecule has 1 aliphatic carbocycles. The van der Waals surface area contributed by atoms with E-state index in [4.69, 9.17) is 0 Å². The second-order valence-corrected chi connectivity index (χ2v) is 7.31. The van der Waals surface area contributed by atoms with E-state index in [2.05, 4.69) is 9.50 Å². The van der Waals surface area contributed by atoms with Crippen molar-refractivity contribution in [1.29, 1.82) is 0 Å². The number of nitrogens with zero attached hydrogens (tertiary/aromatic N) is 1. The maximum absolute atomic E-state index is 12.5. The van der Waals surface area contributed by atoms with E-state index in [-0.39, 0.29) is 41.1 Å². The van der Waals surface area contributed by atoms with Crippen LogP contribution in [0.5, 0.6) is 5.75 Å². The van der Waals surface area contributed by atoms with Gasteiger partial charge in [-0.3, -0.25) is 19.3 Å². The van der Waals surface area contributed by atoms with Crippen LogP contribution >= 0.6 is 0 Å². The summed E-state index contributed by atoms with van der Waals surface area (Å²) in [5.41, 5.74) is 0.273. The average molecular weight is 396 g/mol. The SMILES string of the molecule is O=C(NC1CCC(N2C(=O)C=CC2=O)CC1)c1ccc(OS(=O)(=O)F)cc1. The summed E-state index contributed by atoms with van der Waals surface area (Å²) in [5.74, 6) is -1.19. The third-order valence-electron chi connectivity index (χ3n) is 4.55. The Kier molecular flexibility index (Phi) is 5.26. The van der Waals surface area contributed by atoms with Crippen molar-refractivity contribution in [3.8, 4) is 5.75 Å². The number of carbonyl (C=O) groups is 3. The number of nitrogens with one attached hydrogen (secondary N) is 1. The molecule has 27 heavy (non-hydrogen) atoms. The molecule has 3 amide bonds. The van der Waals surface area contributed by atoms with Crippen molar-refractivity contribution in [3.63, 3.8) is 0 Å². The molecule has 1 heterocycles. The Balaban J connectivity index is 1.52. The first-order valence-electron chi connectivity index (χ1n) is 8.33. The monoisotopic (exact) mass is 396 g/mol. The van der Waals surface area contributed by atoms with Crippen LogP contribution in [0.2, 0.25) is 0 Å². The van der Waals surface area contributed by atoms with E-state index in [9.17, 15) is 26.7 Å². The summed E-state index contributed by atoms with van der Waals surface area (Å²) in [5, 5.41) is 2.86. The smallest absolute Gasteiger partial charge is 0.358 e. The summed E-state index contributed by atoms with van der Waals surface area (Å²) in [4.78, 5) is 37.0. The quantitative estimate of drug-likeness (QED) is 0.592. The van der Waals surface area contributed by atoms with Gasteiger partial charge in [0.25, 0.3) is 17.7 Å². The van der Waals surface area contributed by atoms with Crippen molar-refractivity contribution >= 4 is 28.2 Å². The topological polar surface area (TPSA) is 110 Å². The van der Waals surface area contributed by atoms with Gasteiger partial charge in [0.1, 0.15) is 5.75 Å². The average Bonchev–Trinajstić information content (AvgIpc) is 2.93. The van der Waals surface area contributed by atoms with E-state index in [1.807, 2.05) is 0 Å². The van der Waals surface area contributed by atoms with E-state index < -0.39 is 10.5 Å². The number of carbonyl (C=O) groups excluding carboxylic acids is 3. The summed E-state index contributed by atoms with van der Waals surface area (Å²) >= 11 is 0. The minimum Gasteiger partial charge on any atom is -0.358 e. The van der Waals surface area contributed by atoms with Gasteiger partial charge in [0, 0.05) is 29.8 Å². The number of benzene rings is 1. The first-order chi connectivity index (χ1) is 12.7. The van der Waals surface area contributed by atoms with Gasteiger partial charge in [0.05, 0.1) is 0 Å². The van der Waals surface area contributed by atoms with Gasteiger partial charge < -0.3 is 9.50 Å². The van der Waals surface area contributed by atoms with E-state index in [1.165, 1.54) is 41.3 Å². The Bertz CT molecular complexity index is 871. The van der Waals surface area contributed by atoms with Crippen LogP contribution < -0.4 is 9.50 Å². The van der Waals surface area contributed by atoms with Crippen molar-refractivity contribution in [1.82, 2.24) is 10.2 Å². The zero-order chi connectivity index (χ0) is 19.6. The number of hydrogen-bond acceptors (Lipinski definition) is 6. The van der Waals surface area contributed by atoms with Crippen LogP contribution in [0.15, 0.2) is 36.4 Å². The molecule has 1 aromatic rings. The van der Waals surface area contributed by atoms with E-state index in [0.29, 0.717) is 25.7 Å². The minimum atomic E-state index is -5.11. The predicted octanol–water partition coefficient (Wildman–Crippen LogP) is 1.25. The molecule has 0 bridgehead atoms. The first-order valence-corrected chi connectivity index (χ1v) is 9.64. The predicted molar refractivity (Wildman–Crippen MR) is 91.6 cm³/mol. The molecule has 0 atom stereocenters. The lowest BCUT2D eigenvalue weighted by Crippen LogP contribution is -2.46. The molecule has 3 rings (SSSR count). The van der Waals surface area contributed by atoms with E-state index >= 15 is 0 Å². The first kappa shape index (κ1) is 19.0. The number of halogens is 1. The lowest BCUT2D eigenvalue weighted by Gasteiger charge is -2.33. The zero-order valence-corrected chi connectivity index (χ0v) is 14.9. The van der Waals surface area contributed by atoms with Crippen molar-refractivity contribution < 1.29 is 30.9 Å². The summed E-state index contributed by atoms with van der Waals surface area (Å²) in [6.45, 7) is 0. The Morgan fingerprint density at radius 3 is 2.11 bits per heavy atom. The second kappa shape index (κ2) is 7.47. The molecule has 0 spiro atoms. The Hall–Kier alpha value is -2.75. The van der Waals surface area contributed by atoms with Gasteiger partial charge in [0.2, 0.25) is 0 Å². The number of hydrogen-bond donors (Lipinski definition) is 1. The third-order valence-corrected chi connectivity index (χ3v) is 4.94. The fraction of sp³-hybridized carbons (Fsp3) is 0.353. The number of amides is 3. The molecule has 1 N–H and O–H groups in total. The maximum Gasteiger partial charge on any atom is 0.488 e. The van der Waals surface area contributed by atoms with Crippen LogP contribution in [-0.2, 0) is 20.1 Å². The van der Waals surface area contributed by atoms with Crippen LogP contribution in [0, 0.1) is 0 Å². The molecule has 10 heteroatoms.